The molecule has 0 heterocycles. The fraction of sp³-hybridized carbons (Fsp3) is 0.250. The number of benzene rings is 3. The topological polar surface area (TPSA) is 319 Å². The molecule has 0 aliphatic rings. The number of aliphatic hydroxyl groups is 1. The highest BCUT2D eigenvalue weighted by Crippen LogP contribution is 2.30. The van der Waals surface area contributed by atoms with Crippen molar-refractivity contribution in [3.63, 3.8) is 0 Å². The highest BCUT2D eigenvalue weighted by molar-refractivity contribution is 6.02. The van der Waals surface area contributed by atoms with Crippen LogP contribution in [0.2, 0.25) is 0 Å². The molecular weight excluding hydrogens is 682 g/mol. The van der Waals surface area contributed by atoms with E-state index in [1.165, 1.54) is 18.2 Å². The van der Waals surface area contributed by atoms with Crippen LogP contribution in [-0.2, 0) is 23.9 Å². The molecule has 0 aromatic heterocycles. The van der Waals surface area contributed by atoms with Crippen LogP contribution < -0.4 is 16.0 Å². The van der Waals surface area contributed by atoms with Crippen LogP contribution in [0.5, 0.6) is 34.5 Å². The number of ether oxygens (including phenoxy) is 2. The van der Waals surface area contributed by atoms with Gasteiger partial charge in [-0.25, -0.2) is 4.79 Å². The van der Waals surface area contributed by atoms with Crippen LogP contribution in [0.3, 0.4) is 0 Å². The van der Waals surface area contributed by atoms with E-state index in [4.69, 9.17) is 9.47 Å². The quantitative estimate of drug-likeness (QED) is 0.0694. The molecule has 0 saturated carbocycles. The van der Waals surface area contributed by atoms with Crippen molar-refractivity contribution < 1.29 is 79.1 Å². The zero-order valence-corrected chi connectivity index (χ0v) is 26.3. The van der Waals surface area contributed by atoms with E-state index in [-0.39, 0.29) is 0 Å². The Balaban J connectivity index is 1.67. The molecule has 19 heteroatoms. The summed E-state index contributed by atoms with van der Waals surface area (Å²) in [6.07, 6.45) is 0. The van der Waals surface area contributed by atoms with E-state index in [1.807, 2.05) is 0 Å². The largest absolute Gasteiger partial charge is 0.504 e. The van der Waals surface area contributed by atoms with Gasteiger partial charge in [-0.15, -0.1) is 0 Å². The number of amides is 3. The van der Waals surface area contributed by atoms with Crippen molar-refractivity contribution in [1.82, 2.24) is 16.0 Å². The molecule has 272 valence electrons. The number of carbonyl (C=O) groups excluding carboxylic acids is 5. The third-order valence-corrected chi connectivity index (χ3v) is 7.01. The van der Waals surface area contributed by atoms with E-state index in [0.717, 1.165) is 36.4 Å². The Labute approximate surface area is 287 Å². The summed E-state index contributed by atoms with van der Waals surface area (Å²) in [5, 5.41) is 84.5. The van der Waals surface area contributed by atoms with Gasteiger partial charge >= 0.3 is 5.97 Å². The summed E-state index contributed by atoms with van der Waals surface area (Å²) in [4.78, 5) is 75.5. The third-order valence-electron chi connectivity index (χ3n) is 7.01. The van der Waals surface area contributed by atoms with Gasteiger partial charge in [0, 0.05) is 0 Å². The van der Waals surface area contributed by atoms with Crippen molar-refractivity contribution in [1.29, 1.82) is 0 Å². The highest BCUT2D eigenvalue weighted by Gasteiger charge is 2.28. The lowest BCUT2D eigenvalue weighted by atomic mass is 10.1. The molecule has 0 saturated heterocycles. The number of aliphatic hydroxyl groups excluding tert-OH is 1. The summed E-state index contributed by atoms with van der Waals surface area (Å²) in [7, 11) is 0. The molecule has 0 bridgehead atoms. The van der Waals surface area contributed by atoms with E-state index < -0.39 is 138 Å². The number of nitrogens with one attached hydrogen (secondary N) is 3. The molecule has 3 aromatic carbocycles. The predicted molar refractivity (Wildman–Crippen MR) is 169 cm³/mol. The first-order valence-electron chi connectivity index (χ1n) is 14.7. The molecule has 3 amide bonds. The van der Waals surface area contributed by atoms with Gasteiger partial charge in [-0.05, 0) is 36.4 Å². The first-order chi connectivity index (χ1) is 24.2. The van der Waals surface area contributed by atoms with Crippen molar-refractivity contribution >= 4 is 35.3 Å². The van der Waals surface area contributed by atoms with Crippen molar-refractivity contribution in [3.8, 4) is 34.5 Å². The maximum atomic E-state index is 13.1. The molecule has 0 aliphatic carbocycles. The van der Waals surface area contributed by atoms with Crippen molar-refractivity contribution in [3.05, 3.63) is 71.3 Å². The number of carbonyl (C=O) groups is 6. The van der Waals surface area contributed by atoms with Gasteiger partial charge in [-0.1, -0.05) is 18.2 Å². The number of rotatable bonds is 18. The van der Waals surface area contributed by atoms with Crippen molar-refractivity contribution in [2.75, 3.05) is 33.0 Å². The summed E-state index contributed by atoms with van der Waals surface area (Å²) >= 11 is 0. The first kappa shape index (κ1) is 39.0. The molecule has 3 aromatic rings. The summed E-state index contributed by atoms with van der Waals surface area (Å²) < 4.78 is 10.4. The number of aromatic hydroxyl groups is 6. The predicted octanol–water partition coefficient (Wildman–Crippen LogP) is -1.14. The minimum Gasteiger partial charge on any atom is -0.504 e. The van der Waals surface area contributed by atoms with Crippen LogP contribution in [0.4, 0.5) is 0 Å². The molecule has 11 N–H and O–H groups in total. The normalized spacial score (nSPS) is 12.6. The maximum Gasteiger partial charge on any atom is 0.328 e. The van der Waals surface area contributed by atoms with Crippen LogP contribution in [0, 0.1) is 0 Å². The Kier molecular flexibility index (Phi) is 13.6. The minimum atomic E-state index is -1.77. The van der Waals surface area contributed by atoms with Crippen LogP contribution in [-0.4, -0.2) is 127 Å². The zero-order chi connectivity index (χ0) is 37.8. The van der Waals surface area contributed by atoms with Gasteiger partial charge in [0.1, 0.15) is 25.3 Å². The molecule has 0 spiro atoms. The molecule has 0 fully saturated rings. The number of para-hydroxylation sites is 3. The van der Waals surface area contributed by atoms with Crippen LogP contribution >= 0.6 is 0 Å². The van der Waals surface area contributed by atoms with Crippen LogP contribution in [0.1, 0.15) is 31.1 Å². The van der Waals surface area contributed by atoms with Gasteiger partial charge in [0.2, 0.25) is 0 Å². The lowest BCUT2D eigenvalue weighted by molar-refractivity contribution is -0.142. The number of hydrogen-bond acceptors (Lipinski definition) is 15. The number of hydrogen-bond donors (Lipinski definition) is 11. The van der Waals surface area contributed by atoms with E-state index in [2.05, 4.69) is 16.0 Å². The summed E-state index contributed by atoms with van der Waals surface area (Å²) in [6.45, 7) is -4.26. The number of ketones is 2. The van der Waals surface area contributed by atoms with Gasteiger partial charge in [-0.3, -0.25) is 24.0 Å². The smallest absolute Gasteiger partial charge is 0.328 e. The summed E-state index contributed by atoms with van der Waals surface area (Å²) in [5.74, 6) is -11.1. The number of carboxylic acids is 1. The second-order valence-electron chi connectivity index (χ2n) is 10.6. The number of phenolic OH excluding ortho intramolecular Hbond substituents is 6. The lowest BCUT2D eigenvalue weighted by Crippen LogP contribution is -2.48. The number of aliphatic carboxylic acids is 1. The Hall–Kier alpha value is -6.44. The van der Waals surface area contributed by atoms with Gasteiger partial charge < -0.3 is 66.3 Å². The highest BCUT2D eigenvalue weighted by atomic mass is 16.5. The second kappa shape index (κ2) is 17.8. The first-order valence-corrected chi connectivity index (χ1v) is 14.7. The zero-order valence-electron chi connectivity index (χ0n) is 26.3. The molecule has 3 atom stereocenters. The number of phenols is 6. The molecule has 0 radical (unpaired) electrons. The monoisotopic (exact) mass is 715 g/mol. The standard InChI is InChI=1S/C32H33N3O16/c36-10-18(33-29(45)15-4-1-7-21(37)26(15)42)24(40)13-50-11-19(34-30(46)16-5-2-8-22(38)27(16)43)25(41)14-51-12-20(32(48)49)35-31(47)17-6-3-9-23(39)28(17)44/h1-9,18-20,36-39,42-44H,10-14H2,(H,33,45)(H,34,46)(H,35,47)(H,48,49). The fourth-order valence-electron chi connectivity index (χ4n) is 4.23. The molecule has 0 aliphatic heterocycles. The van der Waals surface area contributed by atoms with E-state index >= 15 is 0 Å². The Morgan fingerprint density at radius 2 is 0.863 bits per heavy atom. The Bertz CT molecular complexity index is 1800. The summed E-state index contributed by atoms with van der Waals surface area (Å²) in [5.41, 5.74) is -1.33. The lowest BCUT2D eigenvalue weighted by Gasteiger charge is -2.20. The second-order valence-corrected chi connectivity index (χ2v) is 10.6. The Morgan fingerprint density at radius 1 is 0.529 bits per heavy atom. The van der Waals surface area contributed by atoms with Crippen LogP contribution in [0.25, 0.3) is 0 Å². The molecular formula is C32H33N3O16. The van der Waals surface area contributed by atoms with Gasteiger partial charge in [0.05, 0.1) is 36.5 Å². The average Bonchev–Trinajstić information content (AvgIpc) is 3.09. The Morgan fingerprint density at radius 3 is 1.24 bits per heavy atom. The molecule has 19 nitrogen and oxygen atoms in total. The SMILES string of the molecule is O=C(NC(COCC(=O)C(COCC(=O)C(CO)NC(=O)c1cccc(O)c1O)NC(=O)c1cccc(O)c1O)C(=O)O)c1cccc(O)c1O. The van der Waals surface area contributed by atoms with E-state index in [0.29, 0.717) is 0 Å². The van der Waals surface area contributed by atoms with Crippen molar-refractivity contribution in [2.45, 2.75) is 18.1 Å². The van der Waals surface area contributed by atoms with E-state index in [1.54, 1.807) is 0 Å². The summed E-state index contributed by atoms with van der Waals surface area (Å²) in [6, 6.07) is 5.29. The van der Waals surface area contributed by atoms with Crippen molar-refractivity contribution in [2.24, 2.45) is 0 Å². The fourth-order valence-corrected chi connectivity index (χ4v) is 4.23. The average molecular weight is 716 g/mol. The molecule has 3 rings (SSSR count). The third kappa shape index (κ3) is 10.3. The molecule has 3 unspecified atom stereocenters. The van der Waals surface area contributed by atoms with Crippen LogP contribution in [0.15, 0.2) is 54.6 Å². The number of carboxylic acid groups (broad SMARTS) is 1. The van der Waals surface area contributed by atoms with Gasteiger partial charge in [0.25, 0.3) is 17.7 Å². The minimum absolute atomic E-state index is 0.409. The van der Waals surface area contributed by atoms with Gasteiger partial charge in [-0.2, -0.15) is 0 Å². The van der Waals surface area contributed by atoms with Gasteiger partial charge in [0.15, 0.2) is 52.1 Å². The van der Waals surface area contributed by atoms with E-state index in [9.17, 15) is 69.6 Å². The number of Topliss-reactive ketones (excluding diaryl/α,β-unsaturated/α-hetero) is 2. The maximum absolute atomic E-state index is 13.1. The molecule has 51 heavy (non-hydrogen) atoms.